The Kier molecular flexibility index (Phi) is 6.30. The fraction of sp³-hybridized carbons (Fsp3) is 0.444. The van der Waals surface area contributed by atoms with Crippen LogP contribution >= 0.6 is 11.3 Å². The summed E-state index contributed by atoms with van der Waals surface area (Å²) in [4.78, 5) is 18.8. The number of amides is 1. The molecule has 1 N–H and O–H groups in total. The summed E-state index contributed by atoms with van der Waals surface area (Å²) in [5, 5.41) is 12.4. The van der Waals surface area contributed by atoms with E-state index in [1.807, 2.05) is 35.7 Å². The molecule has 0 aliphatic carbocycles. The summed E-state index contributed by atoms with van der Waals surface area (Å²) in [5.74, 6) is 0.404. The van der Waals surface area contributed by atoms with Crippen LogP contribution in [0.5, 0.6) is 0 Å². The zero-order valence-electron chi connectivity index (χ0n) is 13.9. The van der Waals surface area contributed by atoms with Crippen molar-refractivity contribution < 1.29 is 9.90 Å². The molecule has 1 aromatic carbocycles. The van der Waals surface area contributed by atoms with Crippen molar-refractivity contribution in [2.24, 2.45) is 0 Å². The van der Waals surface area contributed by atoms with E-state index in [4.69, 9.17) is 0 Å². The molecular weight excluding hydrogens is 308 g/mol. The van der Waals surface area contributed by atoms with Gasteiger partial charge in [0.05, 0.1) is 23.2 Å². The van der Waals surface area contributed by atoms with E-state index in [1.165, 1.54) is 0 Å². The first kappa shape index (κ1) is 17.6. The van der Waals surface area contributed by atoms with Gasteiger partial charge in [-0.1, -0.05) is 44.2 Å². The fourth-order valence-electron chi connectivity index (χ4n) is 2.50. The van der Waals surface area contributed by atoms with Crippen LogP contribution in [0.3, 0.4) is 0 Å². The minimum atomic E-state index is -0.114. The molecule has 1 heterocycles. The fourth-order valence-corrected chi connectivity index (χ4v) is 3.34. The lowest BCUT2D eigenvalue weighted by Crippen LogP contribution is -2.33. The molecule has 0 aliphatic rings. The smallest absolute Gasteiger partial charge is 0.228 e. The van der Waals surface area contributed by atoms with Crippen LogP contribution in [0.25, 0.3) is 0 Å². The second-order valence-electron chi connectivity index (χ2n) is 5.95. The van der Waals surface area contributed by atoms with Crippen LogP contribution in [-0.4, -0.2) is 34.6 Å². The molecule has 124 valence electrons. The highest BCUT2D eigenvalue weighted by molar-refractivity contribution is 7.09. The van der Waals surface area contributed by atoms with Gasteiger partial charge in [0.1, 0.15) is 0 Å². The summed E-state index contributed by atoms with van der Waals surface area (Å²) >= 11 is 1.60. The number of aliphatic hydroxyl groups is 1. The van der Waals surface area contributed by atoms with E-state index in [2.05, 4.69) is 18.8 Å². The minimum Gasteiger partial charge on any atom is -0.396 e. The maximum absolute atomic E-state index is 12.6. The van der Waals surface area contributed by atoms with Crippen molar-refractivity contribution in [2.75, 3.05) is 13.7 Å². The van der Waals surface area contributed by atoms with Crippen LogP contribution in [0.15, 0.2) is 35.7 Å². The van der Waals surface area contributed by atoms with Gasteiger partial charge in [0.25, 0.3) is 0 Å². The van der Waals surface area contributed by atoms with E-state index in [1.54, 1.807) is 23.3 Å². The molecule has 0 fully saturated rings. The van der Waals surface area contributed by atoms with Crippen LogP contribution < -0.4 is 0 Å². The molecule has 4 nitrogen and oxygen atoms in total. The lowest BCUT2D eigenvalue weighted by molar-refractivity contribution is -0.131. The van der Waals surface area contributed by atoms with Gasteiger partial charge in [-0.2, -0.15) is 0 Å². The summed E-state index contributed by atoms with van der Waals surface area (Å²) in [7, 11) is 1.80. The van der Waals surface area contributed by atoms with Gasteiger partial charge >= 0.3 is 0 Å². The molecule has 23 heavy (non-hydrogen) atoms. The first-order chi connectivity index (χ1) is 11.0. The average Bonchev–Trinajstić information content (AvgIpc) is 3.01. The van der Waals surface area contributed by atoms with Crippen LogP contribution in [0.2, 0.25) is 0 Å². The predicted molar refractivity (Wildman–Crippen MR) is 93.6 cm³/mol. The number of thiazole rings is 1. The van der Waals surface area contributed by atoms with Crippen molar-refractivity contribution in [1.82, 2.24) is 9.88 Å². The Balaban J connectivity index is 2.09. The Labute approximate surface area is 141 Å². The van der Waals surface area contributed by atoms with E-state index < -0.39 is 0 Å². The van der Waals surface area contributed by atoms with Crippen LogP contribution in [0.4, 0.5) is 0 Å². The van der Waals surface area contributed by atoms with Gasteiger partial charge in [-0.15, -0.1) is 11.3 Å². The number of hydrogen-bond acceptors (Lipinski definition) is 4. The highest BCUT2D eigenvalue weighted by atomic mass is 32.1. The molecule has 0 spiro atoms. The SMILES string of the molecule is CC(C)c1nc(CC(=O)N(C)C(CCO)c2ccccc2)cs1. The largest absolute Gasteiger partial charge is 0.396 e. The number of carbonyl (C=O) groups is 1. The molecule has 1 aromatic heterocycles. The molecule has 0 aliphatic heterocycles. The molecule has 1 amide bonds. The van der Waals surface area contributed by atoms with Crippen LogP contribution in [0, 0.1) is 0 Å². The van der Waals surface area contributed by atoms with Crippen molar-refractivity contribution in [2.45, 2.75) is 38.6 Å². The Hall–Kier alpha value is -1.72. The Morgan fingerprint density at radius 2 is 2.00 bits per heavy atom. The number of benzene rings is 1. The van der Waals surface area contributed by atoms with Crippen molar-refractivity contribution in [3.8, 4) is 0 Å². The van der Waals surface area contributed by atoms with Gasteiger partial charge in [0.15, 0.2) is 0 Å². The number of aliphatic hydroxyl groups excluding tert-OH is 1. The molecule has 1 atom stereocenters. The van der Waals surface area contributed by atoms with Crippen molar-refractivity contribution in [1.29, 1.82) is 0 Å². The summed E-state index contributed by atoms with van der Waals surface area (Å²) < 4.78 is 0. The maximum atomic E-state index is 12.6. The van der Waals surface area contributed by atoms with Crippen LogP contribution in [0.1, 0.15) is 48.5 Å². The van der Waals surface area contributed by atoms with E-state index in [0.29, 0.717) is 18.8 Å². The summed E-state index contributed by atoms with van der Waals surface area (Å²) in [6, 6.07) is 9.72. The molecule has 0 bridgehead atoms. The minimum absolute atomic E-state index is 0.0212. The number of hydrogen-bond donors (Lipinski definition) is 1. The third-order valence-corrected chi connectivity index (χ3v) is 5.04. The van der Waals surface area contributed by atoms with Gasteiger partial charge in [0.2, 0.25) is 5.91 Å². The van der Waals surface area contributed by atoms with Gasteiger partial charge in [-0.25, -0.2) is 4.98 Å². The molecule has 0 radical (unpaired) electrons. The zero-order valence-corrected chi connectivity index (χ0v) is 14.7. The second kappa shape index (κ2) is 8.22. The number of nitrogens with zero attached hydrogens (tertiary/aromatic N) is 2. The topological polar surface area (TPSA) is 53.4 Å². The number of rotatable bonds is 7. The van der Waals surface area contributed by atoms with E-state index in [-0.39, 0.29) is 18.6 Å². The summed E-state index contributed by atoms with van der Waals surface area (Å²) in [6.07, 6.45) is 0.828. The molecule has 1 unspecified atom stereocenters. The molecule has 0 saturated heterocycles. The zero-order chi connectivity index (χ0) is 16.8. The summed E-state index contributed by atoms with van der Waals surface area (Å²) in [6.45, 7) is 4.25. The highest BCUT2D eigenvalue weighted by Gasteiger charge is 2.22. The first-order valence-corrected chi connectivity index (χ1v) is 8.76. The lowest BCUT2D eigenvalue weighted by Gasteiger charge is -2.28. The molecular formula is C18H24N2O2S. The van der Waals surface area contributed by atoms with E-state index in [0.717, 1.165) is 16.3 Å². The number of carbonyl (C=O) groups excluding carboxylic acids is 1. The normalized spacial score (nSPS) is 12.4. The Morgan fingerprint density at radius 1 is 1.30 bits per heavy atom. The van der Waals surface area contributed by atoms with E-state index in [9.17, 15) is 9.90 Å². The molecule has 5 heteroatoms. The predicted octanol–water partition coefficient (Wildman–Crippen LogP) is 3.39. The number of aromatic nitrogens is 1. The molecule has 0 saturated carbocycles. The standard InChI is InChI=1S/C18H24N2O2S/c1-13(2)18-19-15(12-23-18)11-17(22)20(3)16(9-10-21)14-7-5-4-6-8-14/h4-8,12-13,16,21H,9-11H2,1-3H3. The van der Waals surface area contributed by atoms with Gasteiger partial charge in [-0.05, 0) is 12.0 Å². The monoisotopic (exact) mass is 332 g/mol. The van der Waals surface area contributed by atoms with Crippen molar-refractivity contribution >= 4 is 17.2 Å². The summed E-state index contributed by atoms with van der Waals surface area (Å²) in [5.41, 5.74) is 1.87. The van der Waals surface area contributed by atoms with Gasteiger partial charge in [0, 0.05) is 25.0 Å². The third-order valence-electron chi connectivity index (χ3n) is 3.84. The third kappa shape index (κ3) is 4.62. The van der Waals surface area contributed by atoms with Crippen molar-refractivity contribution in [3.05, 3.63) is 52.0 Å². The Morgan fingerprint density at radius 3 is 2.57 bits per heavy atom. The molecule has 2 rings (SSSR count). The maximum Gasteiger partial charge on any atom is 0.228 e. The number of likely N-dealkylation sites (N-methyl/N-ethyl adjacent to an activating group) is 1. The lowest BCUT2D eigenvalue weighted by atomic mass is 10.0. The highest BCUT2D eigenvalue weighted by Crippen LogP contribution is 2.24. The van der Waals surface area contributed by atoms with E-state index >= 15 is 0 Å². The van der Waals surface area contributed by atoms with Crippen molar-refractivity contribution in [3.63, 3.8) is 0 Å². The first-order valence-electron chi connectivity index (χ1n) is 7.88. The average molecular weight is 332 g/mol. The van der Waals surface area contributed by atoms with Crippen LogP contribution in [-0.2, 0) is 11.2 Å². The quantitative estimate of drug-likeness (QED) is 0.845. The molecule has 2 aromatic rings. The second-order valence-corrected chi connectivity index (χ2v) is 6.84. The Bertz CT molecular complexity index is 625. The van der Waals surface area contributed by atoms with Gasteiger partial charge in [-0.3, -0.25) is 4.79 Å². The van der Waals surface area contributed by atoms with Gasteiger partial charge < -0.3 is 10.0 Å².